The normalized spacial score (nSPS) is 16.7. The molecule has 3 aromatic rings. The maximum Gasteiger partial charge on any atom is 0.265 e. The molecule has 0 saturated carbocycles. The van der Waals surface area contributed by atoms with Crippen molar-refractivity contribution in [1.29, 1.82) is 0 Å². The van der Waals surface area contributed by atoms with Gasteiger partial charge in [-0.1, -0.05) is 42.5 Å². The van der Waals surface area contributed by atoms with Crippen LogP contribution in [0.2, 0.25) is 0 Å². The molecule has 0 saturated heterocycles. The Hall–Kier alpha value is -3.58. The lowest BCUT2D eigenvalue weighted by atomic mass is 10.00. The lowest BCUT2D eigenvalue weighted by Gasteiger charge is -2.28. The first kappa shape index (κ1) is 19.7. The molecule has 6 nitrogen and oxygen atoms in total. The number of allylic oxidation sites excluding steroid dienone is 1. The minimum atomic E-state index is -3.95. The Bertz CT molecular complexity index is 1280. The van der Waals surface area contributed by atoms with Crippen LogP contribution in [0.3, 0.4) is 0 Å². The fourth-order valence-corrected chi connectivity index (χ4v) is 4.83. The molecular formula is C23H19NO5S. The van der Waals surface area contributed by atoms with Gasteiger partial charge in [0.1, 0.15) is 11.4 Å². The van der Waals surface area contributed by atoms with Crippen molar-refractivity contribution in [2.45, 2.75) is 4.90 Å². The van der Waals surface area contributed by atoms with Gasteiger partial charge in [-0.25, -0.2) is 8.42 Å². The summed E-state index contributed by atoms with van der Waals surface area (Å²) in [5.74, 6) is -0.218. The van der Waals surface area contributed by atoms with Crippen LogP contribution in [0.5, 0.6) is 5.75 Å². The Balaban J connectivity index is 1.84. The van der Waals surface area contributed by atoms with E-state index >= 15 is 0 Å². The molecule has 0 unspecified atom stereocenters. The number of aliphatic hydroxyl groups excluding tert-OH is 1. The molecule has 7 heteroatoms. The summed E-state index contributed by atoms with van der Waals surface area (Å²) < 4.78 is 31.7. The van der Waals surface area contributed by atoms with Gasteiger partial charge < -0.3 is 9.84 Å². The first-order valence-corrected chi connectivity index (χ1v) is 10.6. The van der Waals surface area contributed by atoms with Crippen molar-refractivity contribution in [1.82, 2.24) is 4.31 Å². The van der Waals surface area contributed by atoms with Crippen LogP contribution in [-0.2, 0) is 10.0 Å². The van der Waals surface area contributed by atoms with Crippen molar-refractivity contribution in [2.24, 2.45) is 0 Å². The second-order valence-corrected chi connectivity index (χ2v) is 8.74. The predicted molar refractivity (Wildman–Crippen MR) is 114 cm³/mol. The van der Waals surface area contributed by atoms with Gasteiger partial charge >= 0.3 is 0 Å². The minimum absolute atomic E-state index is 0.0449. The zero-order chi connectivity index (χ0) is 21.5. The van der Waals surface area contributed by atoms with E-state index in [0.29, 0.717) is 5.56 Å². The molecule has 0 aromatic heterocycles. The smallest absolute Gasteiger partial charge is 0.265 e. The van der Waals surface area contributed by atoms with E-state index in [4.69, 9.17) is 4.74 Å². The molecule has 0 bridgehead atoms. The molecule has 3 aromatic carbocycles. The number of aliphatic hydroxyl groups is 1. The van der Waals surface area contributed by atoms with Crippen molar-refractivity contribution in [3.05, 3.63) is 89.6 Å². The Labute approximate surface area is 174 Å². The van der Waals surface area contributed by atoms with Crippen LogP contribution in [0.4, 0.5) is 0 Å². The summed E-state index contributed by atoms with van der Waals surface area (Å²) in [6, 6.07) is 20.3. The zero-order valence-electron chi connectivity index (χ0n) is 16.4. The number of benzene rings is 3. The summed E-state index contributed by atoms with van der Waals surface area (Å²) in [5.41, 5.74) is 1.80. The van der Waals surface area contributed by atoms with Gasteiger partial charge in [-0.2, -0.15) is 0 Å². The number of hydrogen-bond donors (Lipinski definition) is 1. The van der Waals surface area contributed by atoms with Crippen LogP contribution in [0.1, 0.15) is 15.9 Å². The number of fused-ring (bicyclic) bond motifs is 1. The number of methoxy groups -OCH3 is 1. The van der Waals surface area contributed by atoms with Crippen molar-refractivity contribution in [3.8, 4) is 16.9 Å². The molecule has 0 fully saturated rings. The molecule has 0 spiro atoms. The quantitative estimate of drug-likeness (QED) is 0.508. The Morgan fingerprint density at radius 2 is 1.63 bits per heavy atom. The number of rotatable bonds is 3. The van der Waals surface area contributed by atoms with Gasteiger partial charge in [0.2, 0.25) is 5.78 Å². The number of carbonyl (C=O) groups is 1. The van der Waals surface area contributed by atoms with Gasteiger partial charge in [-0.05, 0) is 41.5 Å². The number of ketones is 1. The lowest BCUT2D eigenvalue weighted by molar-refractivity contribution is 0.100. The highest BCUT2D eigenvalue weighted by Gasteiger charge is 2.39. The molecule has 30 heavy (non-hydrogen) atoms. The van der Waals surface area contributed by atoms with Crippen LogP contribution in [0, 0.1) is 0 Å². The summed E-state index contributed by atoms with van der Waals surface area (Å²) in [6.07, 6.45) is 0. The van der Waals surface area contributed by atoms with Gasteiger partial charge in [0.05, 0.1) is 12.0 Å². The van der Waals surface area contributed by atoms with Gasteiger partial charge in [0, 0.05) is 18.2 Å². The Morgan fingerprint density at radius 3 is 2.33 bits per heavy atom. The highest BCUT2D eigenvalue weighted by molar-refractivity contribution is 7.89. The van der Waals surface area contributed by atoms with Gasteiger partial charge in [-0.3, -0.25) is 9.10 Å². The van der Waals surface area contributed by atoms with E-state index in [1.807, 2.05) is 30.3 Å². The number of carbonyl (C=O) groups excluding carboxylic acids is 1. The molecule has 0 amide bonds. The summed E-state index contributed by atoms with van der Waals surface area (Å²) >= 11 is 0. The maximum absolute atomic E-state index is 13.0. The second kappa shape index (κ2) is 7.35. The van der Waals surface area contributed by atoms with Gasteiger partial charge in [-0.15, -0.1) is 0 Å². The number of sulfonamides is 1. The Kier molecular flexibility index (Phi) is 4.83. The zero-order valence-corrected chi connectivity index (χ0v) is 17.2. The third-order valence-corrected chi connectivity index (χ3v) is 6.90. The number of hydrogen-bond acceptors (Lipinski definition) is 5. The summed E-state index contributed by atoms with van der Waals surface area (Å²) in [5, 5.41) is 10.9. The average molecular weight is 421 g/mol. The number of Topliss-reactive ketones (excluding diaryl/α,β-unsaturated/α-hetero) is 1. The second-order valence-electron chi connectivity index (χ2n) is 6.80. The molecule has 0 aliphatic carbocycles. The van der Waals surface area contributed by atoms with E-state index in [1.165, 1.54) is 19.2 Å². The topological polar surface area (TPSA) is 83.9 Å². The van der Waals surface area contributed by atoms with Crippen molar-refractivity contribution >= 4 is 21.6 Å². The summed E-state index contributed by atoms with van der Waals surface area (Å²) in [4.78, 5) is 12.9. The predicted octanol–water partition coefficient (Wildman–Crippen LogP) is 4.11. The van der Waals surface area contributed by atoms with Gasteiger partial charge in [0.25, 0.3) is 10.0 Å². The molecule has 152 valence electrons. The van der Waals surface area contributed by atoms with Gasteiger partial charge in [0.15, 0.2) is 5.76 Å². The molecule has 0 atom stereocenters. The van der Waals surface area contributed by atoms with E-state index in [2.05, 4.69) is 0 Å². The number of ether oxygens (including phenoxy) is 1. The summed E-state index contributed by atoms with van der Waals surface area (Å²) in [7, 11) is -1.09. The van der Waals surface area contributed by atoms with E-state index in [0.717, 1.165) is 21.2 Å². The lowest BCUT2D eigenvalue weighted by Crippen LogP contribution is -2.37. The molecule has 1 aliphatic heterocycles. The van der Waals surface area contributed by atoms with Crippen LogP contribution in [-0.4, -0.2) is 37.8 Å². The highest BCUT2D eigenvalue weighted by atomic mass is 32.2. The van der Waals surface area contributed by atoms with Crippen molar-refractivity contribution in [3.63, 3.8) is 0 Å². The minimum Gasteiger partial charge on any atom is -0.505 e. The fourth-order valence-electron chi connectivity index (χ4n) is 3.44. The maximum atomic E-state index is 13.0. The third kappa shape index (κ3) is 3.13. The van der Waals surface area contributed by atoms with Crippen LogP contribution < -0.4 is 4.74 Å². The molecule has 1 heterocycles. The molecule has 1 aliphatic rings. The van der Waals surface area contributed by atoms with E-state index < -0.39 is 21.6 Å². The molecule has 4 rings (SSSR count). The largest absolute Gasteiger partial charge is 0.505 e. The van der Waals surface area contributed by atoms with E-state index in [-0.39, 0.29) is 16.2 Å². The average Bonchev–Trinajstić information content (AvgIpc) is 2.78. The third-order valence-electron chi connectivity index (χ3n) is 5.08. The first-order chi connectivity index (χ1) is 14.3. The number of nitrogens with zero attached hydrogens (tertiary/aromatic N) is 1. The first-order valence-electron chi connectivity index (χ1n) is 9.15. The fraction of sp³-hybridized carbons (Fsp3) is 0.0870. The van der Waals surface area contributed by atoms with Crippen molar-refractivity contribution in [2.75, 3.05) is 14.2 Å². The molecular weight excluding hydrogens is 402 g/mol. The van der Waals surface area contributed by atoms with Crippen LogP contribution in [0.15, 0.2) is 83.4 Å². The summed E-state index contributed by atoms with van der Waals surface area (Å²) in [6.45, 7) is 0. The SMILES string of the molecule is COc1ccc(-c2cccc(C(O)=C3C(=O)c4ccccc4S(=O)(=O)N3C)c2)cc1. The molecule has 0 radical (unpaired) electrons. The van der Waals surface area contributed by atoms with E-state index in [9.17, 15) is 18.3 Å². The van der Waals surface area contributed by atoms with E-state index in [1.54, 1.807) is 37.4 Å². The monoisotopic (exact) mass is 421 g/mol. The van der Waals surface area contributed by atoms with Crippen LogP contribution >= 0.6 is 0 Å². The number of likely N-dealkylation sites (N-methyl/N-ethyl adjacent to an activating group) is 1. The standard InChI is InChI=1S/C23H19NO5S/c1-24-21(23(26)19-8-3-4-9-20(19)30(24,27)28)22(25)17-7-5-6-16(14-17)15-10-12-18(29-2)13-11-15/h3-14,25H,1-2H3. The van der Waals surface area contributed by atoms with Crippen molar-refractivity contribution < 1.29 is 23.1 Å². The Morgan fingerprint density at radius 1 is 0.933 bits per heavy atom. The molecule has 1 N–H and O–H groups in total. The highest BCUT2D eigenvalue weighted by Crippen LogP contribution is 2.35. The van der Waals surface area contributed by atoms with Crippen LogP contribution in [0.25, 0.3) is 16.9 Å².